The molecule has 0 radical (unpaired) electrons. The Hall–Kier alpha value is -2.36. The van der Waals surface area contributed by atoms with Crippen LogP contribution in [0.25, 0.3) is 0 Å². The predicted molar refractivity (Wildman–Crippen MR) is 82.4 cm³/mol. The van der Waals surface area contributed by atoms with E-state index in [9.17, 15) is 0 Å². The quantitative estimate of drug-likeness (QED) is 0.930. The molecule has 0 atom stereocenters. The minimum absolute atomic E-state index is 0.295. The van der Waals surface area contributed by atoms with Crippen molar-refractivity contribution in [3.05, 3.63) is 47.0 Å². The molecule has 0 spiro atoms. The fourth-order valence-electron chi connectivity index (χ4n) is 2.65. The van der Waals surface area contributed by atoms with Crippen LogP contribution in [0.15, 0.2) is 30.3 Å². The number of aryl methyl sites for hydroxylation is 1. The van der Waals surface area contributed by atoms with Gasteiger partial charge < -0.3 is 19.5 Å². The van der Waals surface area contributed by atoms with Gasteiger partial charge in [-0.15, -0.1) is 0 Å². The van der Waals surface area contributed by atoms with Crippen molar-refractivity contribution in [1.29, 1.82) is 0 Å². The van der Waals surface area contributed by atoms with Gasteiger partial charge in [-0.25, -0.2) is 0 Å². The summed E-state index contributed by atoms with van der Waals surface area (Å²) in [6, 6.07) is 10.1. The Balaban J connectivity index is 1.82. The van der Waals surface area contributed by atoms with Crippen LogP contribution in [0.3, 0.4) is 0 Å². The smallest absolute Gasteiger partial charge is 0.231 e. The van der Waals surface area contributed by atoms with E-state index in [1.54, 1.807) is 7.11 Å². The first-order valence-corrected chi connectivity index (χ1v) is 6.96. The van der Waals surface area contributed by atoms with Crippen LogP contribution in [0.1, 0.15) is 16.7 Å². The highest BCUT2D eigenvalue weighted by atomic mass is 16.7. The van der Waals surface area contributed by atoms with Crippen molar-refractivity contribution >= 4 is 5.69 Å². The number of ether oxygens (including phenoxy) is 3. The maximum Gasteiger partial charge on any atom is 0.231 e. The topological polar surface area (TPSA) is 39.7 Å². The van der Waals surface area contributed by atoms with Crippen LogP contribution in [0, 0.1) is 13.8 Å². The zero-order valence-corrected chi connectivity index (χ0v) is 12.5. The van der Waals surface area contributed by atoms with Crippen LogP contribution in [0.4, 0.5) is 5.69 Å². The third kappa shape index (κ3) is 2.49. The Labute approximate surface area is 124 Å². The summed E-state index contributed by atoms with van der Waals surface area (Å²) in [5.41, 5.74) is 4.40. The zero-order valence-electron chi connectivity index (χ0n) is 12.5. The molecule has 3 rings (SSSR count). The predicted octanol–water partition coefficient (Wildman–Crippen LogP) is 3.65. The van der Waals surface area contributed by atoms with Gasteiger partial charge in [-0.05, 0) is 31.5 Å². The lowest BCUT2D eigenvalue weighted by atomic mass is 10.1. The highest BCUT2D eigenvalue weighted by Crippen LogP contribution is 2.36. The van der Waals surface area contributed by atoms with Crippen LogP contribution in [0.2, 0.25) is 0 Å². The molecule has 21 heavy (non-hydrogen) atoms. The Bertz CT molecular complexity index is 667. The first-order chi connectivity index (χ1) is 10.2. The summed E-state index contributed by atoms with van der Waals surface area (Å²) in [6.07, 6.45) is 0. The molecule has 4 heteroatoms. The molecule has 1 N–H and O–H groups in total. The molecule has 0 saturated carbocycles. The van der Waals surface area contributed by atoms with Gasteiger partial charge >= 0.3 is 0 Å². The number of benzene rings is 2. The van der Waals surface area contributed by atoms with Gasteiger partial charge in [-0.3, -0.25) is 0 Å². The van der Waals surface area contributed by atoms with Crippen molar-refractivity contribution in [3.8, 4) is 17.2 Å². The number of hydrogen-bond acceptors (Lipinski definition) is 4. The molecule has 0 saturated heterocycles. The minimum Gasteiger partial charge on any atom is -0.496 e. The van der Waals surface area contributed by atoms with Gasteiger partial charge in [0, 0.05) is 23.4 Å². The van der Waals surface area contributed by atoms with Crippen molar-refractivity contribution in [2.45, 2.75) is 20.4 Å². The highest BCUT2D eigenvalue weighted by molar-refractivity contribution is 5.60. The Morgan fingerprint density at radius 2 is 2.00 bits per heavy atom. The van der Waals surface area contributed by atoms with Crippen LogP contribution in [-0.2, 0) is 6.54 Å². The number of para-hydroxylation sites is 1. The fourth-order valence-corrected chi connectivity index (χ4v) is 2.65. The zero-order chi connectivity index (χ0) is 14.8. The monoisotopic (exact) mass is 285 g/mol. The molecular weight excluding hydrogens is 266 g/mol. The lowest BCUT2D eigenvalue weighted by Crippen LogP contribution is -2.04. The van der Waals surface area contributed by atoms with E-state index in [1.807, 2.05) is 25.1 Å². The van der Waals surface area contributed by atoms with Crippen molar-refractivity contribution in [3.63, 3.8) is 0 Å². The maximum atomic E-state index is 5.53. The molecule has 0 aliphatic carbocycles. The number of fused-ring (bicyclic) bond motifs is 1. The van der Waals surface area contributed by atoms with Crippen LogP contribution in [-0.4, -0.2) is 13.9 Å². The second-order valence-electron chi connectivity index (χ2n) is 5.09. The van der Waals surface area contributed by atoms with E-state index in [4.69, 9.17) is 14.2 Å². The van der Waals surface area contributed by atoms with E-state index in [0.29, 0.717) is 13.3 Å². The number of nitrogens with one attached hydrogen (secondary N) is 1. The third-order valence-electron chi connectivity index (χ3n) is 3.75. The molecule has 1 aliphatic heterocycles. The Morgan fingerprint density at radius 3 is 2.81 bits per heavy atom. The Morgan fingerprint density at radius 1 is 1.14 bits per heavy atom. The number of hydrogen-bond donors (Lipinski definition) is 1. The molecule has 2 aromatic carbocycles. The van der Waals surface area contributed by atoms with Gasteiger partial charge in [-0.1, -0.05) is 18.2 Å². The number of anilines is 1. The summed E-state index contributed by atoms with van der Waals surface area (Å²) in [6.45, 7) is 5.08. The lowest BCUT2D eigenvalue weighted by molar-refractivity contribution is 0.173. The molecule has 0 unspecified atom stereocenters. The number of rotatable bonds is 4. The van der Waals surface area contributed by atoms with Crippen LogP contribution < -0.4 is 19.5 Å². The van der Waals surface area contributed by atoms with E-state index in [0.717, 1.165) is 39.6 Å². The molecular formula is C17H19NO3. The van der Waals surface area contributed by atoms with E-state index < -0.39 is 0 Å². The van der Waals surface area contributed by atoms with Gasteiger partial charge in [0.15, 0.2) is 11.5 Å². The lowest BCUT2D eigenvalue weighted by Gasteiger charge is -2.15. The first-order valence-electron chi connectivity index (χ1n) is 6.96. The number of methoxy groups -OCH3 is 1. The average molecular weight is 285 g/mol. The van der Waals surface area contributed by atoms with E-state index in [1.165, 1.54) is 0 Å². The van der Waals surface area contributed by atoms with E-state index in [2.05, 4.69) is 24.4 Å². The minimum atomic E-state index is 0.295. The van der Waals surface area contributed by atoms with Gasteiger partial charge in [0.2, 0.25) is 6.79 Å². The average Bonchev–Trinajstić information content (AvgIpc) is 2.96. The molecule has 1 heterocycles. The van der Waals surface area contributed by atoms with Crippen molar-refractivity contribution in [2.24, 2.45) is 0 Å². The SMILES string of the molecule is COc1c(C)ccc(NCc2cccc3c2OCO3)c1C. The summed E-state index contributed by atoms with van der Waals surface area (Å²) >= 11 is 0. The van der Waals surface area contributed by atoms with Crippen molar-refractivity contribution in [2.75, 3.05) is 19.2 Å². The summed E-state index contributed by atoms with van der Waals surface area (Å²) in [5.74, 6) is 2.58. The van der Waals surface area contributed by atoms with Gasteiger partial charge in [-0.2, -0.15) is 0 Å². The summed E-state index contributed by atoms with van der Waals surface area (Å²) in [7, 11) is 1.70. The molecule has 0 amide bonds. The normalized spacial score (nSPS) is 12.3. The molecule has 0 fully saturated rings. The summed E-state index contributed by atoms with van der Waals surface area (Å²) in [5, 5.41) is 3.45. The second kappa shape index (κ2) is 5.56. The summed E-state index contributed by atoms with van der Waals surface area (Å²) < 4.78 is 16.4. The molecule has 110 valence electrons. The largest absolute Gasteiger partial charge is 0.496 e. The molecule has 0 aromatic heterocycles. The van der Waals surface area contributed by atoms with Crippen molar-refractivity contribution in [1.82, 2.24) is 0 Å². The standard InChI is InChI=1S/C17H19NO3/c1-11-7-8-14(12(2)16(11)19-3)18-9-13-5-4-6-15-17(13)21-10-20-15/h4-8,18H,9-10H2,1-3H3. The van der Waals surface area contributed by atoms with Crippen molar-refractivity contribution < 1.29 is 14.2 Å². The maximum absolute atomic E-state index is 5.53. The molecule has 2 aromatic rings. The third-order valence-corrected chi connectivity index (χ3v) is 3.75. The Kier molecular flexibility index (Phi) is 3.60. The molecule has 0 bridgehead atoms. The summed E-state index contributed by atoms with van der Waals surface area (Å²) in [4.78, 5) is 0. The van der Waals surface area contributed by atoms with Crippen LogP contribution in [0.5, 0.6) is 17.2 Å². The van der Waals surface area contributed by atoms with E-state index in [-0.39, 0.29) is 0 Å². The fraction of sp³-hybridized carbons (Fsp3) is 0.294. The van der Waals surface area contributed by atoms with Crippen LogP contribution >= 0.6 is 0 Å². The first kappa shape index (κ1) is 13.6. The second-order valence-corrected chi connectivity index (χ2v) is 5.09. The highest BCUT2D eigenvalue weighted by Gasteiger charge is 2.17. The van der Waals surface area contributed by atoms with Gasteiger partial charge in [0.05, 0.1) is 7.11 Å². The van der Waals surface area contributed by atoms with E-state index >= 15 is 0 Å². The van der Waals surface area contributed by atoms with Gasteiger partial charge in [0.1, 0.15) is 5.75 Å². The molecule has 1 aliphatic rings. The molecule has 4 nitrogen and oxygen atoms in total. The van der Waals surface area contributed by atoms with Gasteiger partial charge in [0.25, 0.3) is 0 Å².